The Labute approximate surface area is 139 Å². The van der Waals surface area contributed by atoms with E-state index in [1.54, 1.807) is 0 Å². The van der Waals surface area contributed by atoms with Crippen LogP contribution in [-0.2, 0) is 4.43 Å². The monoisotopic (exact) mass is 366 g/mol. The van der Waals surface area contributed by atoms with Crippen LogP contribution in [0.4, 0.5) is 0 Å². The second kappa shape index (κ2) is 6.02. The molecular formula is C18H27BrOSi. The van der Waals surface area contributed by atoms with Crippen molar-refractivity contribution < 1.29 is 4.43 Å². The second-order valence-electron chi connectivity index (χ2n) is 7.59. The highest BCUT2D eigenvalue weighted by atomic mass is 79.9. The Kier molecular flexibility index (Phi) is 4.86. The van der Waals surface area contributed by atoms with Gasteiger partial charge in [0, 0.05) is 4.48 Å². The van der Waals surface area contributed by atoms with Crippen LogP contribution in [0.25, 0.3) is 5.57 Å². The van der Waals surface area contributed by atoms with Crippen LogP contribution >= 0.6 is 15.9 Å². The Morgan fingerprint density at radius 2 is 1.71 bits per heavy atom. The van der Waals surface area contributed by atoms with Crippen molar-refractivity contribution in [3.05, 3.63) is 39.9 Å². The molecule has 0 amide bonds. The summed E-state index contributed by atoms with van der Waals surface area (Å²) < 4.78 is 8.00. The lowest BCUT2D eigenvalue weighted by molar-refractivity contribution is 0.232. The van der Waals surface area contributed by atoms with E-state index < -0.39 is 8.32 Å². The minimum absolute atomic E-state index is 0.239. The average molecular weight is 367 g/mol. The number of benzene rings is 1. The molecule has 1 aromatic rings. The molecule has 0 aliphatic heterocycles. The normalized spacial score (nSPS) is 20.2. The van der Waals surface area contributed by atoms with Gasteiger partial charge < -0.3 is 4.43 Å². The molecule has 1 aliphatic carbocycles. The molecule has 1 nitrogen and oxygen atoms in total. The first-order valence-corrected chi connectivity index (χ1v) is 11.5. The summed E-state index contributed by atoms with van der Waals surface area (Å²) in [6, 6.07) is 8.81. The molecule has 21 heavy (non-hydrogen) atoms. The smallest absolute Gasteiger partial charge is 0.192 e. The lowest BCUT2D eigenvalue weighted by Gasteiger charge is -2.39. The first kappa shape index (κ1) is 17.0. The van der Waals surface area contributed by atoms with E-state index in [9.17, 15) is 0 Å². The highest BCUT2D eigenvalue weighted by Gasteiger charge is 2.41. The van der Waals surface area contributed by atoms with E-state index in [2.05, 4.69) is 81.0 Å². The molecule has 116 valence electrons. The standard InChI is InChI=1S/C18H27BrOSi/c1-13-7-9-14(10-8-13)17-15(19)11-12-16(17)20-21(5,6)18(2,3)4/h7-10,16H,11-12H2,1-6H3. The van der Waals surface area contributed by atoms with Crippen LogP contribution in [0.3, 0.4) is 0 Å². The van der Waals surface area contributed by atoms with E-state index in [1.807, 2.05) is 0 Å². The average Bonchev–Trinajstić information content (AvgIpc) is 2.70. The van der Waals surface area contributed by atoms with Gasteiger partial charge in [0.1, 0.15) is 0 Å². The molecule has 0 bridgehead atoms. The van der Waals surface area contributed by atoms with Crippen LogP contribution in [0.1, 0.15) is 44.7 Å². The predicted octanol–water partition coefficient (Wildman–Crippen LogP) is 6.29. The molecule has 1 atom stereocenters. The number of hydrogen-bond donors (Lipinski definition) is 0. The largest absolute Gasteiger partial charge is 0.410 e. The Morgan fingerprint density at radius 3 is 2.24 bits per heavy atom. The molecule has 0 spiro atoms. The van der Waals surface area contributed by atoms with Gasteiger partial charge in [-0.1, -0.05) is 66.5 Å². The zero-order chi connectivity index (χ0) is 15.8. The molecule has 0 aromatic heterocycles. The molecule has 3 heteroatoms. The molecule has 0 saturated carbocycles. The van der Waals surface area contributed by atoms with Crippen molar-refractivity contribution in [2.45, 2.75) is 64.8 Å². The SMILES string of the molecule is Cc1ccc(C2=C(Br)CCC2O[Si](C)(C)C(C)(C)C)cc1. The summed E-state index contributed by atoms with van der Waals surface area (Å²) in [6.07, 6.45) is 2.42. The molecule has 1 aromatic carbocycles. The second-order valence-corrected chi connectivity index (χ2v) is 13.3. The number of aryl methyl sites for hydroxylation is 1. The Morgan fingerprint density at radius 1 is 1.14 bits per heavy atom. The van der Waals surface area contributed by atoms with Crippen LogP contribution in [-0.4, -0.2) is 14.4 Å². The van der Waals surface area contributed by atoms with E-state index in [1.165, 1.54) is 21.2 Å². The van der Waals surface area contributed by atoms with Crippen molar-refractivity contribution in [1.82, 2.24) is 0 Å². The van der Waals surface area contributed by atoms with Crippen molar-refractivity contribution in [3.8, 4) is 0 Å². The van der Waals surface area contributed by atoms with E-state index in [0.717, 1.165) is 12.8 Å². The van der Waals surface area contributed by atoms with Gasteiger partial charge in [0.15, 0.2) is 8.32 Å². The quantitative estimate of drug-likeness (QED) is 0.571. The Bertz CT molecular complexity index is 537. The van der Waals surface area contributed by atoms with Gasteiger partial charge in [-0.2, -0.15) is 0 Å². The predicted molar refractivity (Wildman–Crippen MR) is 98.3 cm³/mol. The third-order valence-electron chi connectivity index (χ3n) is 4.85. The highest BCUT2D eigenvalue weighted by molar-refractivity contribution is 9.11. The fraction of sp³-hybridized carbons (Fsp3) is 0.556. The van der Waals surface area contributed by atoms with Crippen molar-refractivity contribution in [2.24, 2.45) is 0 Å². The summed E-state index contributed by atoms with van der Waals surface area (Å²) >= 11 is 3.77. The number of rotatable bonds is 3. The molecule has 0 N–H and O–H groups in total. The van der Waals surface area contributed by atoms with Gasteiger partial charge in [-0.25, -0.2) is 0 Å². The Balaban J connectivity index is 2.28. The maximum Gasteiger partial charge on any atom is 0.192 e. The van der Waals surface area contributed by atoms with Crippen LogP contribution in [0.2, 0.25) is 18.1 Å². The van der Waals surface area contributed by atoms with Crippen molar-refractivity contribution in [3.63, 3.8) is 0 Å². The molecule has 1 unspecified atom stereocenters. The van der Waals surface area contributed by atoms with E-state index in [0.29, 0.717) is 0 Å². The van der Waals surface area contributed by atoms with Crippen LogP contribution in [0.5, 0.6) is 0 Å². The molecule has 0 fully saturated rings. The lowest BCUT2D eigenvalue weighted by atomic mass is 10.0. The fourth-order valence-electron chi connectivity index (χ4n) is 2.44. The van der Waals surface area contributed by atoms with Crippen molar-refractivity contribution in [2.75, 3.05) is 0 Å². The maximum absolute atomic E-state index is 6.68. The van der Waals surface area contributed by atoms with Gasteiger partial charge in [0.2, 0.25) is 0 Å². The van der Waals surface area contributed by atoms with Crippen molar-refractivity contribution in [1.29, 1.82) is 0 Å². The highest BCUT2D eigenvalue weighted by Crippen LogP contribution is 2.44. The topological polar surface area (TPSA) is 9.23 Å². The summed E-state index contributed by atoms with van der Waals surface area (Å²) in [6.45, 7) is 13.7. The number of allylic oxidation sites excluding steroid dienone is 1. The van der Waals surface area contributed by atoms with Gasteiger partial charge in [0.05, 0.1) is 6.10 Å². The van der Waals surface area contributed by atoms with Gasteiger partial charge in [-0.15, -0.1) is 0 Å². The molecule has 0 heterocycles. The summed E-state index contributed by atoms with van der Waals surface area (Å²) in [7, 11) is -1.74. The zero-order valence-electron chi connectivity index (χ0n) is 14.1. The van der Waals surface area contributed by atoms with Crippen LogP contribution in [0, 0.1) is 6.92 Å². The zero-order valence-corrected chi connectivity index (χ0v) is 16.7. The van der Waals surface area contributed by atoms with Crippen molar-refractivity contribution >= 4 is 29.8 Å². The van der Waals surface area contributed by atoms with Gasteiger partial charge >= 0.3 is 0 Å². The van der Waals surface area contributed by atoms with Gasteiger partial charge in [-0.3, -0.25) is 0 Å². The van der Waals surface area contributed by atoms with E-state index in [-0.39, 0.29) is 11.1 Å². The first-order valence-electron chi connectivity index (χ1n) is 7.75. The fourth-order valence-corrected chi connectivity index (χ4v) is 4.45. The molecule has 1 aliphatic rings. The minimum atomic E-state index is -1.74. The minimum Gasteiger partial charge on any atom is -0.410 e. The molecule has 2 rings (SSSR count). The summed E-state index contributed by atoms with van der Waals surface area (Å²) in [5.74, 6) is 0. The lowest BCUT2D eigenvalue weighted by Crippen LogP contribution is -2.43. The van der Waals surface area contributed by atoms with Crippen LogP contribution < -0.4 is 0 Å². The van der Waals surface area contributed by atoms with Gasteiger partial charge in [-0.05, 0) is 49.0 Å². The third-order valence-corrected chi connectivity index (χ3v) is 10.2. The third kappa shape index (κ3) is 3.69. The number of hydrogen-bond acceptors (Lipinski definition) is 1. The van der Waals surface area contributed by atoms with Crippen LogP contribution in [0.15, 0.2) is 28.7 Å². The molecule has 0 saturated heterocycles. The summed E-state index contributed by atoms with van der Waals surface area (Å²) in [5, 5.41) is 0.250. The summed E-state index contributed by atoms with van der Waals surface area (Å²) in [4.78, 5) is 0. The Hall–Kier alpha value is -0.383. The molecular weight excluding hydrogens is 340 g/mol. The van der Waals surface area contributed by atoms with Gasteiger partial charge in [0.25, 0.3) is 0 Å². The summed E-state index contributed by atoms with van der Waals surface area (Å²) in [5.41, 5.74) is 3.96. The first-order chi connectivity index (χ1) is 9.62. The molecule has 0 radical (unpaired) electrons. The number of halogens is 1. The van der Waals surface area contributed by atoms with E-state index >= 15 is 0 Å². The maximum atomic E-state index is 6.68. The van der Waals surface area contributed by atoms with E-state index in [4.69, 9.17) is 4.43 Å².